The van der Waals surface area contributed by atoms with Gasteiger partial charge >= 0.3 is 5.97 Å². The molecule has 0 radical (unpaired) electrons. The van der Waals surface area contributed by atoms with Gasteiger partial charge in [-0.15, -0.1) is 0 Å². The molecule has 0 saturated carbocycles. The maximum atomic E-state index is 11.4. The van der Waals surface area contributed by atoms with E-state index in [0.29, 0.717) is 4.88 Å². The molecular weight excluding hydrogens is 264 g/mol. The van der Waals surface area contributed by atoms with Crippen LogP contribution in [-0.4, -0.2) is 32.4 Å². The van der Waals surface area contributed by atoms with Crippen molar-refractivity contribution in [2.24, 2.45) is 0 Å². The Hall–Kier alpha value is -2.28. The number of hydrogen-bond donors (Lipinski definition) is 0. The summed E-state index contributed by atoms with van der Waals surface area (Å²) in [5.74, 6) is -0.354. The van der Waals surface area contributed by atoms with Crippen molar-refractivity contribution in [1.29, 1.82) is 0 Å². The van der Waals surface area contributed by atoms with Gasteiger partial charge in [-0.05, 0) is 6.92 Å². The molecule has 0 atom stereocenters. The molecule has 3 aromatic rings. The van der Waals surface area contributed by atoms with Crippen LogP contribution in [0.1, 0.15) is 15.4 Å². The monoisotopic (exact) mass is 274 g/mol. The van der Waals surface area contributed by atoms with Crippen LogP contribution in [0.3, 0.4) is 0 Å². The molecule has 3 rings (SSSR count). The lowest BCUT2D eigenvalue weighted by Crippen LogP contribution is -1.97. The third kappa shape index (κ3) is 1.97. The summed E-state index contributed by atoms with van der Waals surface area (Å²) in [6.45, 7) is 1.88. The number of methoxy groups -OCH3 is 1. The molecule has 0 saturated heterocycles. The van der Waals surface area contributed by atoms with Gasteiger partial charge in [-0.3, -0.25) is 14.4 Å². The van der Waals surface area contributed by atoms with E-state index in [9.17, 15) is 4.79 Å². The minimum Gasteiger partial charge on any atom is -0.465 e. The zero-order chi connectivity index (χ0) is 13.4. The fraction of sp³-hybridized carbons (Fsp3) is 0.167. The highest BCUT2D eigenvalue weighted by Crippen LogP contribution is 2.24. The van der Waals surface area contributed by atoms with Crippen molar-refractivity contribution in [3.63, 3.8) is 0 Å². The summed E-state index contributed by atoms with van der Waals surface area (Å²) in [6, 6.07) is 0. The maximum absolute atomic E-state index is 11.4. The molecule has 0 aromatic carbocycles. The lowest BCUT2D eigenvalue weighted by molar-refractivity contribution is 0.0606. The molecule has 0 unspecified atom stereocenters. The molecule has 0 aliphatic carbocycles. The van der Waals surface area contributed by atoms with Crippen molar-refractivity contribution in [3.05, 3.63) is 35.4 Å². The van der Waals surface area contributed by atoms with Gasteiger partial charge < -0.3 is 4.74 Å². The van der Waals surface area contributed by atoms with Crippen LogP contribution in [0.15, 0.2) is 24.8 Å². The lowest BCUT2D eigenvalue weighted by atomic mass is 10.2. The van der Waals surface area contributed by atoms with E-state index in [1.54, 1.807) is 23.0 Å². The summed E-state index contributed by atoms with van der Waals surface area (Å²) < 4.78 is 6.47. The van der Waals surface area contributed by atoms with E-state index in [0.717, 1.165) is 22.0 Å². The summed E-state index contributed by atoms with van der Waals surface area (Å²) in [6.07, 6.45) is 6.81. The standard InChI is InChI=1S/C12H10N4O2S/c1-7-10(14-4-3-13-7)8-5-16-6-9(11(17)18-2)19-12(16)15-8/h3-6H,1-2H3. The first-order valence-corrected chi connectivity index (χ1v) is 6.35. The number of imidazole rings is 1. The van der Waals surface area contributed by atoms with Crippen molar-refractivity contribution < 1.29 is 9.53 Å². The quantitative estimate of drug-likeness (QED) is 0.668. The summed E-state index contributed by atoms with van der Waals surface area (Å²) in [4.78, 5) is 25.6. The molecule has 6 nitrogen and oxygen atoms in total. The number of nitrogens with zero attached hydrogens (tertiary/aromatic N) is 4. The Morgan fingerprint density at radius 1 is 1.32 bits per heavy atom. The normalized spacial score (nSPS) is 10.8. The number of thiazole rings is 1. The van der Waals surface area contributed by atoms with Crippen LogP contribution in [0.25, 0.3) is 16.3 Å². The van der Waals surface area contributed by atoms with Crippen LogP contribution in [0.2, 0.25) is 0 Å². The summed E-state index contributed by atoms with van der Waals surface area (Å²) >= 11 is 1.28. The van der Waals surface area contributed by atoms with Crippen molar-refractivity contribution >= 4 is 22.3 Å². The molecule has 19 heavy (non-hydrogen) atoms. The van der Waals surface area contributed by atoms with E-state index in [1.165, 1.54) is 18.4 Å². The Kier molecular flexibility index (Phi) is 2.75. The third-order valence-electron chi connectivity index (χ3n) is 2.67. The number of carbonyl (C=O) groups is 1. The molecule has 3 aromatic heterocycles. The number of hydrogen-bond acceptors (Lipinski definition) is 6. The smallest absolute Gasteiger partial charge is 0.349 e. The average Bonchev–Trinajstić information content (AvgIpc) is 2.96. The Labute approximate surface area is 112 Å². The molecule has 96 valence electrons. The van der Waals surface area contributed by atoms with Crippen LogP contribution < -0.4 is 0 Å². The van der Waals surface area contributed by atoms with Gasteiger partial charge in [-0.25, -0.2) is 9.78 Å². The number of aryl methyl sites for hydroxylation is 1. The van der Waals surface area contributed by atoms with E-state index in [-0.39, 0.29) is 5.97 Å². The second-order valence-corrected chi connectivity index (χ2v) is 4.90. The second kappa shape index (κ2) is 4.43. The van der Waals surface area contributed by atoms with Crippen LogP contribution in [0.4, 0.5) is 0 Å². The van der Waals surface area contributed by atoms with E-state index >= 15 is 0 Å². The van der Waals surface area contributed by atoms with E-state index in [2.05, 4.69) is 19.7 Å². The lowest BCUT2D eigenvalue weighted by Gasteiger charge is -1.97. The van der Waals surface area contributed by atoms with Crippen LogP contribution in [-0.2, 0) is 4.74 Å². The third-order valence-corrected chi connectivity index (χ3v) is 3.64. The van der Waals surface area contributed by atoms with Gasteiger partial charge in [-0.2, -0.15) is 0 Å². The van der Waals surface area contributed by atoms with E-state index in [1.807, 2.05) is 13.1 Å². The van der Waals surface area contributed by atoms with Gasteiger partial charge in [0.05, 0.1) is 12.8 Å². The number of esters is 1. The number of carbonyl (C=O) groups excluding carboxylic acids is 1. The number of aromatic nitrogens is 4. The predicted molar refractivity (Wildman–Crippen MR) is 70.2 cm³/mol. The molecule has 3 heterocycles. The minimum atomic E-state index is -0.354. The van der Waals surface area contributed by atoms with Crippen LogP contribution in [0, 0.1) is 6.92 Å². The van der Waals surface area contributed by atoms with E-state index in [4.69, 9.17) is 0 Å². The SMILES string of the molecule is COC(=O)c1cn2cc(-c3nccnc3C)nc2s1. The Morgan fingerprint density at radius 2 is 2.11 bits per heavy atom. The van der Waals surface area contributed by atoms with Crippen molar-refractivity contribution in [2.45, 2.75) is 6.92 Å². The van der Waals surface area contributed by atoms with Crippen LogP contribution in [0.5, 0.6) is 0 Å². The number of fused-ring (bicyclic) bond motifs is 1. The first-order valence-electron chi connectivity index (χ1n) is 5.54. The molecule has 0 bridgehead atoms. The zero-order valence-electron chi connectivity index (χ0n) is 10.3. The highest BCUT2D eigenvalue weighted by atomic mass is 32.1. The molecule has 0 spiro atoms. The fourth-order valence-electron chi connectivity index (χ4n) is 1.76. The molecule has 0 aliphatic heterocycles. The zero-order valence-corrected chi connectivity index (χ0v) is 11.1. The number of rotatable bonds is 2. The second-order valence-electron chi connectivity index (χ2n) is 3.89. The Bertz CT molecular complexity index is 731. The van der Waals surface area contributed by atoms with Crippen molar-refractivity contribution in [2.75, 3.05) is 7.11 Å². The maximum Gasteiger partial charge on any atom is 0.349 e. The Balaban J connectivity index is 2.07. The molecule has 7 heteroatoms. The van der Waals surface area contributed by atoms with Crippen molar-refractivity contribution in [3.8, 4) is 11.4 Å². The predicted octanol–water partition coefficient (Wildman–Crippen LogP) is 1.95. The number of ether oxygens (including phenoxy) is 1. The first-order chi connectivity index (χ1) is 9.19. The van der Waals surface area contributed by atoms with Crippen LogP contribution >= 0.6 is 11.3 Å². The topological polar surface area (TPSA) is 69.4 Å². The summed E-state index contributed by atoms with van der Waals surface area (Å²) in [5.41, 5.74) is 2.31. The molecule has 0 fully saturated rings. The van der Waals surface area contributed by atoms with Gasteiger partial charge in [0.15, 0.2) is 4.96 Å². The minimum absolute atomic E-state index is 0.354. The van der Waals surface area contributed by atoms with E-state index < -0.39 is 0 Å². The van der Waals surface area contributed by atoms with Gasteiger partial charge in [-0.1, -0.05) is 11.3 Å². The highest BCUT2D eigenvalue weighted by molar-refractivity contribution is 7.18. The molecule has 0 N–H and O–H groups in total. The van der Waals surface area contributed by atoms with Gasteiger partial charge in [0.2, 0.25) is 0 Å². The molecule has 0 amide bonds. The first kappa shape index (κ1) is 11.8. The highest BCUT2D eigenvalue weighted by Gasteiger charge is 2.14. The average molecular weight is 274 g/mol. The van der Waals surface area contributed by atoms with Gasteiger partial charge in [0, 0.05) is 24.8 Å². The summed E-state index contributed by atoms with van der Waals surface area (Å²) in [7, 11) is 1.36. The molecule has 0 aliphatic rings. The van der Waals surface area contributed by atoms with Crippen molar-refractivity contribution in [1.82, 2.24) is 19.4 Å². The fourth-order valence-corrected chi connectivity index (χ4v) is 2.65. The largest absolute Gasteiger partial charge is 0.465 e. The molecular formula is C12H10N4O2S. The Morgan fingerprint density at radius 3 is 2.79 bits per heavy atom. The van der Waals surface area contributed by atoms with Gasteiger partial charge in [0.25, 0.3) is 0 Å². The van der Waals surface area contributed by atoms with Gasteiger partial charge in [0.1, 0.15) is 16.3 Å². The summed E-state index contributed by atoms with van der Waals surface area (Å²) in [5, 5.41) is 0.